The molecule has 0 aliphatic heterocycles. The number of pyridine rings is 3. The number of ether oxygens (including phenoxy) is 2. The number of rotatable bonds is 7. The molecule has 0 aliphatic rings. The molecule has 0 radical (unpaired) electrons. The third kappa shape index (κ3) is 5.05. The zero-order valence-electron chi connectivity index (χ0n) is 22.3. The number of carbonyl (C=O) groups excluding carboxylic acids is 1. The summed E-state index contributed by atoms with van der Waals surface area (Å²) in [5.74, 6) is -0.950. The van der Waals surface area contributed by atoms with Crippen LogP contribution in [0, 0.1) is 32.4 Å². The number of aromatic amines is 1. The standard InChI is InChI=1S/C31H25F2N3O4/c1-16-11-20(32)6-7-21(16)28-18(3)35-15-22(30(28)38)25(37)14-19-5-8-26(23(33)13-19)40-27-9-10-34-24-12-17(2)31(39-4)36-29(24)27/h5-13,15H,14H2,1-4H3,(H,35,38). The van der Waals surface area contributed by atoms with Crippen molar-refractivity contribution in [1.82, 2.24) is 15.0 Å². The lowest BCUT2D eigenvalue weighted by Gasteiger charge is -2.12. The van der Waals surface area contributed by atoms with Gasteiger partial charge in [0.2, 0.25) is 5.88 Å². The second-order valence-electron chi connectivity index (χ2n) is 9.45. The predicted molar refractivity (Wildman–Crippen MR) is 147 cm³/mol. The first kappa shape index (κ1) is 26.7. The van der Waals surface area contributed by atoms with E-state index in [-0.39, 0.29) is 17.7 Å². The minimum Gasteiger partial charge on any atom is -0.481 e. The second-order valence-corrected chi connectivity index (χ2v) is 9.45. The summed E-state index contributed by atoms with van der Waals surface area (Å²) in [5.41, 5.74) is 3.55. The molecule has 0 saturated heterocycles. The van der Waals surface area contributed by atoms with Crippen molar-refractivity contribution in [1.29, 1.82) is 0 Å². The highest BCUT2D eigenvalue weighted by Crippen LogP contribution is 2.32. The van der Waals surface area contributed by atoms with E-state index in [2.05, 4.69) is 15.0 Å². The minimum atomic E-state index is -0.685. The maximum absolute atomic E-state index is 15.1. The molecule has 0 saturated carbocycles. The van der Waals surface area contributed by atoms with Crippen LogP contribution in [0.3, 0.4) is 0 Å². The molecule has 0 amide bonds. The van der Waals surface area contributed by atoms with E-state index in [0.717, 1.165) is 5.56 Å². The number of aromatic nitrogens is 3. The molecular formula is C31H25F2N3O4. The molecule has 1 N–H and O–H groups in total. The lowest BCUT2D eigenvalue weighted by atomic mass is 9.95. The highest BCUT2D eigenvalue weighted by Gasteiger charge is 2.19. The number of halogens is 2. The molecule has 0 bridgehead atoms. The number of H-pyrrole nitrogens is 1. The van der Waals surface area contributed by atoms with Gasteiger partial charge in [-0.2, -0.15) is 0 Å². The highest BCUT2D eigenvalue weighted by molar-refractivity contribution is 5.98. The molecule has 0 spiro atoms. The fourth-order valence-corrected chi connectivity index (χ4v) is 4.61. The Bertz CT molecular complexity index is 1850. The summed E-state index contributed by atoms with van der Waals surface area (Å²) in [6, 6.07) is 11.7. The van der Waals surface area contributed by atoms with Crippen LogP contribution in [-0.4, -0.2) is 27.8 Å². The lowest BCUT2D eigenvalue weighted by molar-refractivity contribution is 0.0991. The minimum absolute atomic E-state index is 0.0627. The fraction of sp³-hybridized carbons (Fsp3) is 0.161. The van der Waals surface area contributed by atoms with E-state index in [4.69, 9.17) is 9.47 Å². The number of benzene rings is 2. The summed E-state index contributed by atoms with van der Waals surface area (Å²) in [6.07, 6.45) is 2.69. The average molecular weight is 542 g/mol. The Morgan fingerprint density at radius 1 is 0.975 bits per heavy atom. The number of hydrogen-bond donors (Lipinski definition) is 1. The van der Waals surface area contributed by atoms with Gasteiger partial charge in [0.1, 0.15) is 11.3 Å². The van der Waals surface area contributed by atoms with Crippen LogP contribution >= 0.6 is 0 Å². The van der Waals surface area contributed by atoms with E-state index < -0.39 is 22.8 Å². The van der Waals surface area contributed by atoms with E-state index in [9.17, 15) is 14.0 Å². The van der Waals surface area contributed by atoms with Crippen molar-refractivity contribution in [2.75, 3.05) is 7.11 Å². The average Bonchev–Trinajstić information content (AvgIpc) is 2.91. The van der Waals surface area contributed by atoms with Crippen LogP contribution in [-0.2, 0) is 6.42 Å². The molecule has 5 aromatic rings. The van der Waals surface area contributed by atoms with Gasteiger partial charge in [-0.05, 0) is 67.8 Å². The molecule has 3 aromatic heterocycles. The van der Waals surface area contributed by atoms with Gasteiger partial charge in [0.25, 0.3) is 0 Å². The summed E-state index contributed by atoms with van der Waals surface area (Å²) < 4.78 is 39.8. The number of hydrogen-bond acceptors (Lipinski definition) is 6. The van der Waals surface area contributed by atoms with Gasteiger partial charge in [0.05, 0.1) is 18.2 Å². The van der Waals surface area contributed by atoms with Crippen molar-refractivity contribution in [3.8, 4) is 28.5 Å². The number of methoxy groups -OCH3 is 1. The summed E-state index contributed by atoms with van der Waals surface area (Å²) >= 11 is 0. The molecular weight excluding hydrogens is 516 g/mol. The molecule has 202 valence electrons. The van der Waals surface area contributed by atoms with Crippen LogP contribution in [0.4, 0.5) is 8.78 Å². The van der Waals surface area contributed by atoms with E-state index in [1.165, 1.54) is 49.8 Å². The predicted octanol–water partition coefficient (Wildman–Crippen LogP) is 6.41. The number of aryl methyl sites for hydroxylation is 3. The van der Waals surface area contributed by atoms with Crippen LogP contribution in [0.5, 0.6) is 17.4 Å². The van der Waals surface area contributed by atoms with Gasteiger partial charge in [-0.3, -0.25) is 14.6 Å². The molecule has 2 aromatic carbocycles. The van der Waals surface area contributed by atoms with Gasteiger partial charge in [-0.1, -0.05) is 12.1 Å². The zero-order chi connectivity index (χ0) is 28.6. The van der Waals surface area contributed by atoms with Crippen molar-refractivity contribution >= 4 is 16.8 Å². The topological polar surface area (TPSA) is 94.2 Å². The molecule has 5 rings (SSSR count). The molecule has 0 fully saturated rings. The first-order valence-electron chi connectivity index (χ1n) is 12.4. The van der Waals surface area contributed by atoms with E-state index in [0.29, 0.717) is 50.6 Å². The highest BCUT2D eigenvalue weighted by atomic mass is 19.1. The Morgan fingerprint density at radius 3 is 2.50 bits per heavy atom. The molecule has 3 heterocycles. The van der Waals surface area contributed by atoms with Crippen molar-refractivity contribution in [3.63, 3.8) is 0 Å². The summed E-state index contributed by atoms with van der Waals surface area (Å²) in [7, 11) is 1.51. The Morgan fingerprint density at radius 2 is 1.77 bits per heavy atom. The van der Waals surface area contributed by atoms with Gasteiger partial charge < -0.3 is 14.5 Å². The van der Waals surface area contributed by atoms with Gasteiger partial charge in [0, 0.05) is 41.7 Å². The van der Waals surface area contributed by atoms with Crippen molar-refractivity contribution in [2.45, 2.75) is 27.2 Å². The Labute approximate surface area is 228 Å². The van der Waals surface area contributed by atoms with Crippen LogP contribution < -0.4 is 14.9 Å². The number of Topliss-reactive ketones (excluding diaryl/α,β-unsaturated/α-hetero) is 1. The normalized spacial score (nSPS) is 11.1. The van der Waals surface area contributed by atoms with Crippen LogP contribution in [0.25, 0.3) is 22.2 Å². The summed E-state index contributed by atoms with van der Waals surface area (Å²) in [4.78, 5) is 38.1. The lowest BCUT2D eigenvalue weighted by Crippen LogP contribution is -2.20. The molecule has 7 nitrogen and oxygen atoms in total. The van der Waals surface area contributed by atoms with Crippen molar-refractivity contribution in [3.05, 3.63) is 111 Å². The summed E-state index contributed by atoms with van der Waals surface area (Å²) in [6.45, 7) is 5.25. The van der Waals surface area contributed by atoms with E-state index in [1.807, 2.05) is 6.92 Å². The Hall–Kier alpha value is -4.92. The second kappa shape index (κ2) is 10.7. The van der Waals surface area contributed by atoms with Crippen LogP contribution in [0.2, 0.25) is 0 Å². The third-order valence-corrected chi connectivity index (χ3v) is 6.63. The van der Waals surface area contributed by atoms with Crippen molar-refractivity contribution in [2.24, 2.45) is 0 Å². The van der Waals surface area contributed by atoms with Crippen LogP contribution in [0.1, 0.15) is 32.7 Å². The van der Waals surface area contributed by atoms with E-state index in [1.54, 1.807) is 32.0 Å². The molecule has 9 heteroatoms. The Balaban J connectivity index is 1.41. The largest absolute Gasteiger partial charge is 0.481 e. The van der Waals surface area contributed by atoms with E-state index >= 15 is 4.39 Å². The molecule has 40 heavy (non-hydrogen) atoms. The maximum atomic E-state index is 15.1. The molecule has 0 unspecified atom stereocenters. The number of fused-ring (bicyclic) bond motifs is 1. The first-order valence-corrected chi connectivity index (χ1v) is 12.4. The number of ketones is 1. The zero-order valence-corrected chi connectivity index (χ0v) is 22.3. The summed E-state index contributed by atoms with van der Waals surface area (Å²) in [5, 5.41) is 0. The smallest absolute Gasteiger partial charge is 0.216 e. The van der Waals surface area contributed by atoms with Crippen molar-refractivity contribution < 1.29 is 23.0 Å². The number of nitrogens with one attached hydrogen (secondary N) is 1. The maximum Gasteiger partial charge on any atom is 0.216 e. The number of nitrogens with zero attached hydrogens (tertiary/aromatic N) is 2. The molecule has 0 aliphatic carbocycles. The SMILES string of the molecule is COc1nc2c(Oc3ccc(CC(=O)c4c[nH]c(C)c(-c5ccc(F)cc5C)c4=O)cc3F)ccnc2cc1C. The third-order valence-electron chi connectivity index (χ3n) is 6.63. The van der Waals surface area contributed by atoms with Gasteiger partial charge >= 0.3 is 0 Å². The quantitative estimate of drug-likeness (QED) is 0.239. The van der Waals surface area contributed by atoms with Gasteiger partial charge in [-0.15, -0.1) is 0 Å². The Kier molecular flexibility index (Phi) is 7.13. The monoisotopic (exact) mass is 541 g/mol. The van der Waals surface area contributed by atoms with Gasteiger partial charge in [0.15, 0.2) is 28.5 Å². The first-order chi connectivity index (χ1) is 19.2. The number of carbonyl (C=O) groups is 1. The van der Waals surface area contributed by atoms with Crippen LogP contribution in [0.15, 0.2) is 65.7 Å². The van der Waals surface area contributed by atoms with Gasteiger partial charge in [-0.25, -0.2) is 13.8 Å². The fourth-order valence-electron chi connectivity index (χ4n) is 4.61. The molecule has 0 atom stereocenters.